The molecule has 2 aromatic rings. The Hall–Kier alpha value is -2.18. The first-order chi connectivity index (χ1) is 10.5. The van der Waals surface area contributed by atoms with Gasteiger partial charge in [-0.1, -0.05) is 23.7 Å². The molecule has 0 saturated carbocycles. The van der Waals surface area contributed by atoms with Gasteiger partial charge in [0.2, 0.25) is 0 Å². The fraction of sp³-hybridized carbons (Fsp3) is 0.200. The van der Waals surface area contributed by atoms with Crippen molar-refractivity contribution in [1.29, 1.82) is 0 Å². The average molecular weight is 325 g/mol. The Morgan fingerprint density at radius 2 is 2.09 bits per heavy atom. The predicted molar refractivity (Wildman–Crippen MR) is 80.5 cm³/mol. The molecular weight excluding hydrogens is 311 g/mol. The summed E-state index contributed by atoms with van der Waals surface area (Å²) in [5, 5.41) is 12.2. The molecule has 1 heterocycles. The van der Waals surface area contributed by atoms with Gasteiger partial charge in [-0.2, -0.15) is 0 Å². The molecule has 1 aromatic carbocycles. The maximum absolute atomic E-state index is 13.6. The van der Waals surface area contributed by atoms with Gasteiger partial charge in [0, 0.05) is 18.8 Å². The Labute approximate surface area is 131 Å². The van der Waals surface area contributed by atoms with Gasteiger partial charge < -0.3 is 15.0 Å². The van der Waals surface area contributed by atoms with E-state index in [0.717, 1.165) is 6.07 Å². The summed E-state index contributed by atoms with van der Waals surface area (Å²) in [6.45, 7) is -0.115. The number of pyridine rings is 1. The fourth-order valence-corrected chi connectivity index (χ4v) is 2.17. The third kappa shape index (κ3) is 3.93. The number of nitrogens with one attached hydrogen (secondary N) is 1. The second kappa shape index (κ2) is 7.20. The molecule has 2 N–H and O–H groups in total. The van der Waals surface area contributed by atoms with E-state index in [1.165, 1.54) is 29.0 Å². The second-order valence-electron chi connectivity index (χ2n) is 4.65. The maximum Gasteiger partial charge on any atom is 0.255 e. The predicted octanol–water partition coefficient (Wildman–Crippen LogP) is 1.43. The lowest BCUT2D eigenvalue weighted by Crippen LogP contribution is -2.36. The average Bonchev–Trinajstić information content (AvgIpc) is 2.47. The molecule has 0 aliphatic heterocycles. The third-order valence-electron chi connectivity index (χ3n) is 2.99. The van der Waals surface area contributed by atoms with Crippen LogP contribution in [0.15, 0.2) is 47.4 Å². The van der Waals surface area contributed by atoms with Gasteiger partial charge in [-0.05, 0) is 18.2 Å². The molecule has 0 aliphatic carbocycles. The van der Waals surface area contributed by atoms with Gasteiger partial charge in [0.1, 0.15) is 5.82 Å². The number of aromatic nitrogens is 1. The molecule has 0 bridgehead atoms. The SMILES string of the molecule is O=C(NC[C@H](O)Cn1ccccc1=O)c1c(F)cccc1Cl. The molecule has 2 rings (SSSR count). The van der Waals surface area contributed by atoms with Gasteiger partial charge in [0.25, 0.3) is 11.5 Å². The molecule has 22 heavy (non-hydrogen) atoms. The van der Waals surface area contributed by atoms with Gasteiger partial charge in [0.15, 0.2) is 0 Å². The molecule has 5 nitrogen and oxygen atoms in total. The maximum atomic E-state index is 13.6. The zero-order valence-electron chi connectivity index (χ0n) is 11.5. The standard InChI is InChI=1S/C15H14ClFN2O3/c16-11-4-3-5-12(17)14(11)15(22)18-8-10(20)9-19-7-2-1-6-13(19)21/h1-7,10,20H,8-9H2,(H,18,22)/t10-/m0/s1. The van der Waals surface area contributed by atoms with Crippen molar-refractivity contribution >= 4 is 17.5 Å². The van der Waals surface area contributed by atoms with Crippen molar-refractivity contribution in [3.05, 3.63) is 69.4 Å². The van der Waals surface area contributed by atoms with Gasteiger partial charge >= 0.3 is 0 Å². The topological polar surface area (TPSA) is 71.3 Å². The number of rotatable bonds is 5. The molecule has 116 valence electrons. The van der Waals surface area contributed by atoms with Crippen LogP contribution in [0.25, 0.3) is 0 Å². The minimum Gasteiger partial charge on any atom is -0.389 e. The highest BCUT2D eigenvalue weighted by atomic mass is 35.5. The Balaban J connectivity index is 1.97. The van der Waals surface area contributed by atoms with Crippen LogP contribution in [0.5, 0.6) is 0 Å². The van der Waals surface area contributed by atoms with E-state index in [4.69, 9.17) is 11.6 Å². The summed E-state index contributed by atoms with van der Waals surface area (Å²) in [5.41, 5.74) is -0.529. The van der Waals surface area contributed by atoms with E-state index >= 15 is 0 Å². The van der Waals surface area contributed by atoms with Crippen LogP contribution in [0, 0.1) is 5.82 Å². The van der Waals surface area contributed by atoms with Crippen LogP contribution in [0.3, 0.4) is 0 Å². The van der Waals surface area contributed by atoms with Gasteiger partial charge in [-0.15, -0.1) is 0 Å². The van der Waals surface area contributed by atoms with E-state index in [2.05, 4.69) is 5.32 Å². The number of hydrogen-bond donors (Lipinski definition) is 2. The molecule has 0 saturated heterocycles. The van der Waals surface area contributed by atoms with Crippen LogP contribution < -0.4 is 10.9 Å². The highest BCUT2D eigenvalue weighted by Crippen LogP contribution is 2.18. The summed E-state index contributed by atoms with van der Waals surface area (Å²) in [5.74, 6) is -1.46. The van der Waals surface area contributed by atoms with E-state index < -0.39 is 17.8 Å². The van der Waals surface area contributed by atoms with Gasteiger partial charge in [-0.3, -0.25) is 9.59 Å². The minimum atomic E-state index is -0.991. The smallest absolute Gasteiger partial charge is 0.255 e. The van der Waals surface area contributed by atoms with Crippen molar-refractivity contribution < 1.29 is 14.3 Å². The number of halogens is 2. The van der Waals surface area contributed by atoms with Crippen LogP contribution in [-0.2, 0) is 6.54 Å². The lowest BCUT2D eigenvalue weighted by atomic mass is 10.2. The molecule has 1 amide bonds. The Kier molecular flexibility index (Phi) is 5.30. The van der Waals surface area contributed by atoms with Gasteiger partial charge in [-0.25, -0.2) is 4.39 Å². The minimum absolute atomic E-state index is 0.00808. The monoisotopic (exact) mass is 324 g/mol. The molecule has 0 fully saturated rings. The molecule has 0 radical (unpaired) electrons. The molecule has 0 aliphatic rings. The van der Waals surface area contributed by atoms with Crippen molar-refractivity contribution in [2.75, 3.05) is 6.54 Å². The number of aliphatic hydroxyl groups excluding tert-OH is 1. The molecular formula is C15H14ClFN2O3. The zero-order chi connectivity index (χ0) is 16.1. The highest BCUT2D eigenvalue weighted by Gasteiger charge is 2.16. The molecule has 1 aromatic heterocycles. The Morgan fingerprint density at radius 3 is 2.77 bits per heavy atom. The summed E-state index contributed by atoms with van der Waals surface area (Å²) in [6, 6.07) is 8.54. The normalized spacial score (nSPS) is 12.0. The lowest BCUT2D eigenvalue weighted by Gasteiger charge is -2.14. The summed E-state index contributed by atoms with van der Waals surface area (Å²) in [7, 11) is 0. The number of carbonyl (C=O) groups excluding carboxylic acids is 1. The van der Waals surface area contributed by atoms with E-state index in [-0.39, 0.29) is 29.2 Å². The first-order valence-corrected chi connectivity index (χ1v) is 6.92. The van der Waals surface area contributed by atoms with E-state index in [0.29, 0.717) is 0 Å². The number of aliphatic hydroxyl groups is 1. The number of benzene rings is 1. The number of carbonyl (C=O) groups is 1. The van der Waals surface area contributed by atoms with Crippen molar-refractivity contribution in [2.45, 2.75) is 12.6 Å². The van der Waals surface area contributed by atoms with Gasteiger partial charge in [0.05, 0.1) is 23.2 Å². The highest BCUT2D eigenvalue weighted by molar-refractivity contribution is 6.33. The first-order valence-electron chi connectivity index (χ1n) is 6.55. The van der Waals surface area contributed by atoms with Crippen LogP contribution in [0.4, 0.5) is 4.39 Å². The Bertz CT molecular complexity index is 712. The quantitative estimate of drug-likeness (QED) is 0.874. The van der Waals surface area contributed by atoms with E-state index in [1.807, 2.05) is 0 Å². The van der Waals surface area contributed by atoms with E-state index in [1.54, 1.807) is 12.1 Å². The number of nitrogens with zero attached hydrogens (tertiary/aromatic N) is 1. The zero-order valence-corrected chi connectivity index (χ0v) is 12.3. The largest absolute Gasteiger partial charge is 0.389 e. The fourth-order valence-electron chi connectivity index (χ4n) is 1.92. The van der Waals surface area contributed by atoms with Crippen molar-refractivity contribution in [1.82, 2.24) is 9.88 Å². The number of amides is 1. The second-order valence-corrected chi connectivity index (χ2v) is 5.06. The van der Waals surface area contributed by atoms with Crippen molar-refractivity contribution in [3.63, 3.8) is 0 Å². The van der Waals surface area contributed by atoms with Crippen molar-refractivity contribution in [3.8, 4) is 0 Å². The molecule has 7 heteroatoms. The van der Waals surface area contributed by atoms with E-state index in [9.17, 15) is 19.1 Å². The summed E-state index contributed by atoms with van der Waals surface area (Å²) in [4.78, 5) is 23.4. The van der Waals surface area contributed by atoms with Crippen LogP contribution >= 0.6 is 11.6 Å². The summed E-state index contributed by atoms with van der Waals surface area (Å²) >= 11 is 5.78. The first kappa shape index (κ1) is 16.2. The molecule has 1 atom stereocenters. The molecule has 0 unspecified atom stereocenters. The van der Waals surface area contributed by atoms with Crippen LogP contribution in [0.1, 0.15) is 10.4 Å². The lowest BCUT2D eigenvalue weighted by molar-refractivity contribution is 0.0899. The van der Waals surface area contributed by atoms with Crippen LogP contribution in [0.2, 0.25) is 5.02 Å². The molecule has 0 spiro atoms. The van der Waals surface area contributed by atoms with Crippen LogP contribution in [-0.4, -0.2) is 28.2 Å². The third-order valence-corrected chi connectivity index (χ3v) is 3.31. The summed E-state index contributed by atoms with van der Waals surface area (Å²) < 4.78 is 14.9. The number of hydrogen-bond acceptors (Lipinski definition) is 3. The van der Waals surface area contributed by atoms with Crippen molar-refractivity contribution in [2.24, 2.45) is 0 Å². The Morgan fingerprint density at radius 1 is 1.32 bits per heavy atom. The summed E-state index contributed by atoms with van der Waals surface area (Å²) in [6.07, 6.45) is 0.538.